The summed E-state index contributed by atoms with van der Waals surface area (Å²) in [5, 5.41) is 0. The van der Waals surface area contributed by atoms with E-state index in [1.165, 1.54) is 0 Å². The highest BCUT2D eigenvalue weighted by molar-refractivity contribution is 7.98. The number of nitrogens with two attached hydrogens (primary N) is 1. The van der Waals surface area contributed by atoms with Crippen LogP contribution in [-0.2, 0) is 9.53 Å². The Morgan fingerprint density at radius 2 is 2.12 bits per heavy atom. The summed E-state index contributed by atoms with van der Waals surface area (Å²) in [7, 11) is 1.87. The molecule has 102 valence electrons. The van der Waals surface area contributed by atoms with E-state index in [4.69, 9.17) is 10.5 Å². The third kappa shape index (κ3) is 6.29. The Bertz CT molecular complexity index is 215. The first-order valence-electron chi connectivity index (χ1n) is 6.16. The standard InChI is InChI=1S/C12H26N2O2S/c1-5-10(9-17-4)14(3)12(15)7-11(8-13)16-6-2/h10-11H,5-9,13H2,1-4H3. The van der Waals surface area contributed by atoms with Gasteiger partial charge in [-0.2, -0.15) is 11.8 Å². The molecule has 0 spiro atoms. The van der Waals surface area contributed by atoms with E-state index in [0.717, 1.165) is 12.2 Å². The second kappa shape index (κ2) is 9.74. The molecule has 0 aliphatic carbocycles. The van der Waals surface area contributed by atoms with Crippen LogP contribution in [0.1, 0.15) is 26.7 Å². The van der Waals surface area contributed by atoms with E-state index in [-0.39, 0.29) is 12.0 Å². The summed E-state index contributed by atoms with van der Waals surface area (Å²) < 4.78 is 5.41. The maximum absolute atomic E-state index is 12.0. The number of ether oxygens (including phenoxy) is 1. The van der Waals surface area contributed by atoms with Crippen LogP contribution in [0.5, 0.6) is 0 Å². The average Bonchev–Trinajstić information content (AvgIpc) is 2.34. The maximum Gasteiger partial charge on any atom is 0.225 e. The van der Waals surface area contributed by atoms with Crippen molar-refractivity contribution in [2.24, 2.45) is 5.73 Å². The van der Waals surface area contributed by atoms with Gasteiger partial charge in [0.2, 0.25) is 5.91 Å². The van der Waals surface area contributed by atoms with Gasteiger partial charge in [-0.05, 0) is 19.6 Å². The highest BCUT2D eigenvalue weighted by Crippen LogP contribution is 2.11. The Balaban J connectivity index is 4.26. The second-order valence-corrected chi connectivity index (χ2v) is 4.95. The number of hydrogen-bond acceptors (Lipinski definition) is 4. The molecule has 0 aromatic carbocycles. The van der Waals surface area contributed by atoms with Crippen LogP contribution in [0.25, 0.3) is 0 Å². The highest BCUT2D eigenvalue weighted by Gasteiger charge is 2.21. The molecule has 2 unspecified atom stereocenters. The van der Waals surface area contributed by atoms with Crippen LogP contribution >= 0.6 is 11.8 Å². The molecular formula is C12H26N2O2S. The van der Waals surface area contributed by atoms with Crippen molar-refractivity contribution in [3.05, 3.63) is 0 Å². The first kappa shape index (κ1) is 16.7. The lowest BCUT2D eigenvalue weighted by molar-refractivity contribution is -0.134. The van der Waals surface area contributed by atoms with Gasteiger partial charge in [-0.3, -0.25) is 4.79 Å². The van der Waals surface area contributed by atoms with Gasteiger partial charge >= 0.3 is 0 Å². The van der Waals surface area contributed by atoms with Crippen molar-refractivity contribution in [2.45, 2.75) is 38.8 Å². The Morgan fingerprint density at radius 1 is 1.47 bits per heavy atom. The minimum Gasteiger partial charge on any atom is -0.377 e. The molecule has 0 fully saturated rings. The van der Waals surface area contributed by atoms with E-state index in [2.05, 4.69) is 13.2 Å². The molecule has 2 atom stereocenters. The number of nitrogens with zero attached hydrogens (tertiary/aromatic N) is 1. The fraction of sp³-hybridized carbons (Fsp3) is 0.917. The molecule has 0 rings (SSSR count). The fourth-order valence-electron chi connectivity index (χ4n) is 1.68. The summed E-state index contributed by atoms with van der Waals surface area (Å²) in [6, 6.07) is 0.303. The van der Waals surface area contributed by atoms with Crippen LogP contribution in [0.15, 0.2) is 0 Å². The summed E-state index contributed by atoms with van der Waals surface area (Å²) in [5.74, 6) is 1.09. The van der Waals surface area contributed by atoms with E-state index < -0.39 is 0 Å². The normalized spacial score (nSPS) is 14.4. The second-order valence-electron chi connectivity index (χ2n) is 4.04. The molecule has 1 amide bonds. The van der Waals surface area contributed by atoms with Crippen LogP contribution < -0.4 is 5.73 Å². The molecule has 4 nitrogen and oxygen atoms in total. The minimum absolute atomic E-state index is 0.120. The number of carbonyl (C=O) groups excluding carboxylic acids is 1. The molecule has 17 heavy (non-hydrogen) atoms. The summed E-state index contributed by atoms with van der Waals surface area (Å²) in [6.07, 6.45) is 3.27. The van der Waals surface area contributed by atoms with Crippen molar-refractivity contribution in [3.8, 4) is 0 Å². The van der Waals surface area contributed by atoms with Crippen molar-refractivity contribution >= 4 is 17.7 Å². The maximum atomic E-state index is 12.0. The molecule has 0 aliphatic heterocycles. The predicted octanol–water partition coefficient (Wildman–Crippen LogP) is 1.34. The van der Waals surface area contributed by atoms with Gasteiger partial charge in [0.25, 0.3) is 0 Å². The van der Waals surface area contributed by atoms with Crippen LogP contribution in [0.3, 0.4) is 0 Å². The van der Waals surface area contributed by atoms with Gasteiger partial charge in [-0.25, -0.2) is 0 Å². The van der Waals surface area contributed by atoms with Crippen LogP contribution in [0.2, 0.25) is 0 Å². The Morgan fingerprint density at radius 3 is 2.53 bits per heavy atom. The predicted molar refractivity (Wildman–Crippen MR) is 74.3 cm³/mol. The van der Waals surface area contributed by atoms with Gasteiger partial charge in [-0.15, -0.1) is 0 Å². The SMILES string of the molecule is CCOC(CN)CC(=O)N(C)C(CC)CSC. The first-order chi connectivity index (χ1) is 8.10. The van der Waals surface area contributed by atoms with Gasteiger partial charge in [0, 0.05) is 32.0 Å². The van der Waals surface area contributed by atoms with Crippen molar-refractivity contribution in [1.82, 2.24) is 4.90 Å². The molecule has 0 saturated heterocycles. The number of amides is 1. The zero-order chi connectivity index (χ0) is 13.3. The van der Waals surface area contributed by atoms with Gasteiger partial charge in [0.05, 0.1) is 12.5 Å². The molecule has 0 radical (unpaired) electrons. The smallest absolute Gasteiger partial charge is 0.225 e. The first-order valence-corrected chi connectivity index (χ1v) is 7.56. The van der Waals surface area contributed by atoms with Crippen LogP contribution in [-0.4, -0.2) is 55.2 Å². The topological polar surface area (TPSA) is 55.6 Å². The quantitative estimate of drug-likeness (QED) is 0.681. The fourth-order valence-corrected chi connectivity index (χ4v) is 2.53. The molecule has 5 heteroatoms. The van der Waals surface area contributed by atoms with E-state index in [9.17, 15) is 4.79 Å². The summed E-state index contributed by atoms with van der Waals surface area (Å²) in [4.78, 5) is 13.9. The zero-order valence-corrected chi connectivity index (χ0v) is 12.3. The van der Waals surface area contributed by atoms with Crippen molar-refractivity contribution in [2.75, 3.05) is 32.2 Å². The summed E-state index contributed by atoms with van der Waals surface area (Å²) in [6.45, 7) is 5.01. The lowest BCUT2D eigenvalue weighted by atomic mass is 10.2. The van der Waals surface area contributed by atoms with Gasteiger partial charge in [0.15, 0.2) is 0 Å². The molecule has 0 bridgehead atoms. The van der Waals surface area contributed by atoms with Gasteiger partial charge in [-0.1, -0.05) is 6.92 Å². The van der Waals surface area contributed by atoms with E-state index in [1.54, 1.807) is 11.8 Å². The third-order valence-electron chi connectivity index (χ3n) is 2.84. The lowest BCUT2D eigenvalue weighted by Crippen LogP contribution is -2.41. The van der Waals surface area contributed by atoms with Crippen LogP contribution in [0.4, 0.5) is 0 Å². The number of rotatable bonds is 9. The van der Waals surface area contributed by atoms with Crippen molar-refractivity contribution in [3.63, 3.8) is 0 Å². The molecule has 0 saturated carbocycles. The summed E-state index contributed by atoms with van der Waals surface area (Å²) >= 11 is 1.77. The molecule has 0 aromatic rings. The molecule has 0 aromatic heterocycles. The van der Waals surface area contributed by atoms with Gasteiger partial charge < -0.3 is 15.4 Å². The van der Waals surface area contributed by atoms with Crippen molar-refractivity contribution < 1.29 is 9.53 Å². The monoisotopic (exact) mass is 262 g/mol. The molecule has 2 N–H and O–H groups in total. The lowest BCUT2D eigenvalue weighted by Gasteiger charge is -2.28. The van der Waals surface area contributed by atoms with Crippen LogP contribution in [0, 0.1) is 0 Å². The third-order valence-corrected chi connectivity index (χ3v) is 3.56. The molecule has 0 heterocycles. The van der Waals surface area contributed by atoms with Crippen molar-refractivity contribution in [1.29, 1.82) is 0 Å². The Kier molecular flexibility index (Phi) is 9.59. The van der Waals surface area contributed by atoms with Gasteiger partial charge in [0.1, 0.15) is 0 Å². The minimum atomic E-state index is -0.151. The molecular weight excluding hydrogens is 236 g/mol. The molecule has 0 aliphatic rings. The Labute approximate surface area is 109 Å². The van der Waals surface area contributed by atoms with E-state index in [1.807, 2.05) is 18.9 Å². The number of hydrogen-bond donors (Lipinski definition) is 1. The highest BCUT2D eigenvalue weighted by atomic mass is 32.2. The van der Waals surface area contributed by atoms with E-state index in [0.29, 0.717) is 25.6 Å². The Hall–Kier alpha value is -0.260. The zero-order valence-electron chi connectivity index (χ0n) is 11.4. The largest absolute Gasteiger partial charge is 0.377 e. The van der Waals surface area contributed by atoms with E-state index >= 15 is 0 Å². The average molecular weight is 262 g/mol. The number of thioether (sulfide) groups is 1. The summed E-state index contributed by atoms with van der Waals surface area (Å²) in [5.41, 5.74) is 5.57. The number of carbonyl (C=O) groups is 1.